The summed E-state index contributed by atoms with van der Waals surface area (Å²) in [6.45, 7) is 9.68. The van der Waals surface area contributed by atoms with Gasteiger partial charge in [0, 0.05) is 19.6 Å². The third-order valence-electron chi connectivity index (χ3n) is 2.98. The Morgan fingerprint density at radius 2 is 1.95 bits per heavy atom. The quantitative estimate of drug-likeness (QED) is 0.780. The van der Waals surface area contributed by atoms with E-state index in [0.29, 0.717) is 30.6 Å². The van der Waals surface area contributed by atoms with Crippen molar-refractivity contribution in [2.75, 3.05) is 30.4 Å². The van der Waals surface area contributed by atoms with Crippen LogP contribution >= 0.6 is 0 Å². The molecule has 1 atom stereocenters. The fourth-order valence-electron chi connectivity index (χ4n) is 1.48. The predicted molar refractivity (Wildman–Crippen MR) is 77.9 cm³/mol. The van der Waals surface area contributed by atoms with Gasteiger partial charge in [-0.3, -0.25) is 0 Å². The molecule has 1 N–H and O–H groups in total. The highest BCUT2D eigenvalue weighted by Crippen LogP contribution is 2.16. The van der Waals surface area contributed by atoms with Crippen molar-refractivity contribution in [3.05, 3.63) is 0 Å². The molecule has 0 saturated carbocycles. The van der Waals surface area contributed by atoms with Crippen LogP contribution in [0, 0.1) is 0 Å². The molecule has 0 aliphatic carbocycles. The first-order valence-corrected chi connectivity index (χ1v) is 6.97. The number of aromatic nitrogens is 3. The van der Waals surface area contributed by atoms with E-state index in [2.05, 4.69) is 41.0 Å². The van der Waals surface area contributed by atoms with E-state index < -0.39 is 0 Å². The molecule has 0 fully saturated rings. The van der Waals surface area contributed by atoms with Crippen molar-refractivity contribution in [3.63, 3.8) is 0 Å². The topological polar surface area (TPSA) is 63.2 Å². The molecule has 0 spiro atoms. The van der Waals surface area contributed by atoms with Crippen LogP contribution in [0.5, 0.6) is 6.01 Å². The van der Waals surface area contributed by atoms with Crippen molar-refractivity contribution in [1.29, 1.82) is 0 Å². The molecule has 108 valence electrons. The van der Waals surface area contributed by atoms with Crippen LogP contribution < -0.4 is 15.0 Å². The minimum absolute atomic E-state index is 0.371. The van der Waals surface area contributed by atoms with Crippen molar-refractivity contribution >= 4 is 11.9 Å². The van der Waals surface area contributed by atoms with Gasteiger partial charge in [-0.1, -0.05) is 13.8 Å². The predicted octanol–water partition coefficient (Wildman–Crippen LogP) is 2.33. The lowest BCUT2D eigenvalue weighted by Crippen LogP contribution is -2.30. The van der Waals surface area contributed by atoms with Crippen LogP contribution in [0.4, 0.5) is 11.9 Å². The second-order valence-electron chi connectivity index (χ2n) is 4.47. The van der Waals surface area contributed by atoms with E-state index in [1.807, 2.05) is 18.9 Å². The molecule has 19 heavy (non-hydrogen) atoms. The Labute approximate surface area is 115 Å². The highest BCUT2D eigenvalue weighted by molar-refractivity contribution is 5.38. The summed E-state index contributed by atoms with van der Waals surface area (Å²) < 4.78 is 5.40. The van der Waals surface area contributed by atoms with Gasteiger partial charge >= 0.3 is 6.01 Å². The summed E-state index contributed by atoms with van der Waals surface area (Å²) in [5.74, 6) is 1.22. The van der Waals surface area contributed by atoms with E-state index in [1.54, 1.807) is 0 Å². The minimum atomic E-state index is 0.371. The zero-order valence-electron chi connectivity index (χ0n) is 12.6. The largest absolute Gasteiger partial charge is 0.464 e. The Morgan fingerprint density at radius 1 is 1.21 bits per heavy atom. The van der Waals surface area contributed by atoms with Crippen LogP contribution in [0.2, 0.25) is 0 Å². The van der Waals surface area contributed by atoms with Crippen LogP contribution in [-0.4, -0.2) is 41.2 Å². The molecule has 6 heteroatoms. The van der Waals surface area contributed by atoms with Gasteiger partial charge in [-0.25, -0.2) is 0 Å². The summed E-state index contributed by atoms with van der Waals surface area (Å²) in [6, 6.07) is 0.747. The Kier molecular flexibility index (Phi) is 6.32. The Bertz CT molecular complexity index is 385. The van der Waals surface area contributed by atoms with Gasteiger partial charge in [0.2, 0.25) is 11.9 Å². The maximum atomic E-state index is 5.40. The van der Waals surface area contributed by atoms with Crippen molar-refractivity contribution in [3.8, 4) is 6.01 Å². The van der Waals surface area contributed by atoms with E-state index in [-0.39, 0.29) is 0 Å². The Morgan fingerprint density at radius 3 is 2.53 bits per heavy atom. The highest BCUT2D eigenvalue weighted by atomic mass is 16.5. The fraction of sp³-hybridized carbons (Fsp3) is 0.769. The lowest BCUT2D eigenvalue weighted by molar-refractivity contribution is 0.312. The molecule has 0 radical (unpaired) electrons. The van der Waals surface area contributed by atoms with Crippen LogP contribution in [0.3, 0.4) is 0 Å². The van der Waals surface area contributed by atoms with Gasteiger partial charge in [0.15, 0.2) is 0 Å². The summed E-state index contributed by atoms with van der Waals surface area (Å²) in [7, 11) is 1.99. The number of rotatable bonds is 8. The smallest absolute Gasteiger partial charge is 0.323 e. The van der Waals surface area contributed by atoms with Gasteiger partial charge in [0.1, 0.15) is 0 Å². The summed E-state index contributed by atoms with van der Waals surface area (Å²) in [4.78, 5) is 15.1. The van der Waals surface area contributed by atoms with Crippen molar-refractivity contribution in [2.45, 2.75) is 46.6 Å². The van der Waals surface area contributed by atoms with Gasteiger partial charge in [-0.05, 0) is 26.7 Å². The van der Waals surface area contributed by atoms with E-state index >= 15 is 0 Å². The highest BCUT2D eigenvalue weighted by Gasteiger charge is 2.14. The van der Waals surface area contributed by atoms with Gasteiger partial charge in [-0.15, -0.1) is 0 Å². The first-order chi connectivity index (χ1) is 9.12. The van der Waals surface area contributed by atoms with Gasteiger partial charge < -0.3 is 15.0 Å². The number of ether oxygens (including phenoxy) is 1. The normalized spacial score (nSPS) is 12.1. The number of hydrogen-bond donors (Lipinski definition) is 1. The molecule has 1 heterocycles. The zero-order valence-corrected chi connectivity index (χ0v) is 12.6. The Hall–Kier alpha value is -1.59. The van der Waals surface area contributed by atoms with Crippen LogP contribution in [0.1, 0.15) is 40.5 Å². The van der Waals surface area contributed by atoms with E-state index in [9.17, 15) is 0 Å². The molecule has 0 aliphatic rings. The maximum Gasteiger partial charge on any atom is 0.323 e. The van der Waals surface area contributed by atoms with Crippen LogP contribution in [-0.2, 0) is 0 Å². The summed E-state index contributed by atoms with van der Waals surface area (Å²) >= 11 is 0. The summed E-state index contributed by atoms with van der Waals surface area (Å²) in [6.07, 6.45) is 2.05. The molecule has 1 aromatic heterocycles. The van der Waals surface area contributed by atoms with Gasteiger partial charge in [0.25, 0.3) is 0 Å². The SMILES string of the molecule is CCCNc1nc(OCC)nc(N(C)C(C)CC)n1. The van der Waals surface area contributed by atoms with Crippen molar-refractivity contribution in [1.82, 2.24) is 15.0 Å². The second kappa shape index (κ2) is 7.76. The molecule has 6 nitrogen and oxygen atoms in total. The number of anilines is 2. The third kappa shape index (κ3) is 4.54. The second-order valence-corrected chi connectivity index (χ2v) is 4.47. The van der Waals surface area contributed by atoms with Gasteiger partial charge in [0.05, 0.1) is 6.61 Å². The first kappa shape index (κ1) is 15.5. The molecule has 0 aromatic carbocycles. The van der Waals surface area contributed by atoms with Crippen LogP contribution in [0.25, 0.3) is 0 Å². The van der Waals surface area contributed by atoms with Gasteiger partial charge in [-0.2, -0.15) is 15.0 Å². The minimum Gasteiger partial charge on any atom is -0.464 e. The van der Waals surface area contributed by atoms with Crippen LogP contribution in [0.15, 0.2) is 0 Å². The first-order valence-electron chi connectivity index (χ1n) is 6.97. The third-order valence-corrected chi connectivity index (χ3v) is 2.98. The molecule has 1 unspecified atom stereocenters. The molecular weight excluding hydrogens is 242 g/mol. The number of nitrogens with zero attached hydrogens (tertiary/aromatic N) is 4. The summed E-state index contributed by atoms with van der Waals surface area (Å²) in [5, 5.41) is 3.18. The Balaban J connectivity index is 2.97. The molecule has 0 saturated heterocycles. The molecule has 1 aromatic rings. The number of nitrogens with one attached hydrogen (secondary N) is 1. The zero-order chi connectivity index (χ0) is 14.3. The van der Waals surface area contributed by atoms with E-state index in [0.717, 1.165) is 19.4 Å². The van der Waals surface area contributed by atoms with E-state index in [1.165, 1.54) is 0 Å². The van der Waals surface area contributed by atoms with Crippen molar-refractivity contribution < 1.29 is 4.74 Å². The number of hydrogen-bond acceptors (Lipinski definition) is 6. The monoisotopic (exact) mass is 267 g/mol. The average Bonchev–Trinajstić information content (AvgIpc) is 2.43. The molecule has 0 amide bonds. The lowest BCUT2D eigenvalue weighted by atomic mass is 10.2. The fourth-order valence-corrected chi connectivity index (χ4v) is 1.48. The molecule has 1 rings (SSSR count). The summed E-state index contributed by atoms with van der Waals surface area (Å²) in [5.41, 5.74) is 0. The molecule has 0 aliphatic heterocycles. The molecule has 0 bridgehead atoms. The van der Waals surface area contributed by atoms with E-state index in [4.69, 9.17) is 4.74 Å². The maximum absolute atomic E-state index is 5.40. The standard InChI is InChI=1S/C13H25N5O/c1-6-9-14-11-15-12(18(5)10(4)7-2)17-13(16-11)19-8-3/h10H,6-9H2,1-5H3,(H,14,15,16,17). The average molecular weight is 267 g/mol. The van der Waals surface area contributed by atoms with Crippen molar-refractivity contribution in [2.24, 2.45) is 0 Å². The lowest BCUT2D eigenvalue weighted by Gasteiger charge is -2.24. The molecular formula is C13H25N5O.